The molecule has 0 aliphatic carbocycles. The zero-order valence-corrected chi connectivity index (χ0v) is 14.0. The number of carboxylic acid groups (broad SMARTS) is 1. The highest BCUT2D eigenvalue weighted by Gasteiger charge is 2.07. The van der Waals surface area contributed by atoms with Gasteiger partial charge >= 0.3 is 5.97 Å². The van der Waals surface area contributed by atoms with E-state index in [0.29, 0.717) is 12.4 Å². The number of benzene rings is 2. The van der Waals surface area contributed by atoms with Crippen LogP contribution < -0.4 is 9.47 Å². The second-order valence-corrected chi connectivity index (χ2v) is 5.36. The lowest BCUT2D eigenvalue weighted by Gasteiger charge is -2.12. The zero-order valence-electron chi connectivity index (χ0n) is 14.0. The van der Waals surface area contributed by atoms with Crippen LogP contribution in [0.1, 0.15) is 25.3 Å². The summed E-state index contributed by atoms with van der Waals surface area (Å²) in [6.45, 7) is 2.79. The van der Waals surface area contributed by atoms with Gasteiger partial charge in [0.2, 0.25) is 0 Å². The summed E-state index contributed by atoms with van der Waals surface area (Å²) in [5.41, 5.74) is 2.80. The molecule has 4 heteroatoms. The Morgan fingerprint density at radius 1 is 1.12 bits per heavy atom. The van der Waals surface area contributed by atoms with Crippen LogP contribution in [0.5, 0.6) is 11.5 Å². The highest BCUT2D eigenvalue weighted by atomic mass is 16.5. The fourth-order valence-corrected chi connectivity index (χ4v) is 2.28. The SMILES string of the molecule is CCCCOc1ccc(-c2cccc(C=CC(=O)O)c2)cc1OC. The standard InChI is InChI=1S/C20H22O4/c1-3-4-12-24-18-10-9-17(14-19(18)23-2)16-7-5-6-15(13-16)8-11-20(21)22/h5-11,13-14H,3-4,12H2,1-2H3,(H,21,22). The highest BCUT2D eigenvalue weighted by molar-refractivity contribution is 5.85. The van der Waals surface area contributed by atoms with Gasteiger partial charge in [0, 0.05) is 6.08 Å². The third kappa shape index (κ3) is 4.88. The van der Waals surface area contributed by atoms with E-state index in [0.717, 1.165) is 41.4 Å². The highest BCUT2D eigenvalue weighted by Crippen LogP contribution is 2.33. The fraction of sp³-hybridized carbons (Fsp3) is 0.250. The molecule has 0 aliphatic heterocycles. The molecule has 0 spiro atoms. The van der Waals surface area contributed by atoms with E-state index < -0.39 is 5.97 Å². The van der Waals surface area contributed by atoms with Crippen molar-refractivity contribution in [3.8, 4) is 22.6 Å². The van der Waals surface area contributed by atoms with Crippen molar-refractivity contribution in [1.82, 2.24) is 0 Å². The fourth-order valence-electron chi connectivity index (χ4n) is 2.28. The van der Waals surface area contributed by atoms with E-state index in [2.05, 4.69) is 6.92 Å². The lowest BCUT2D eigenvalue weighted by molar-refractivity contribution is -0.131. The zero-order chi connectivity index (χ0) is 17.4. The van der Waals surface area contributed by atoms with Gasteiger partial charge in [-0.05, 0) is 47.4 Å². The first kappa shape index (κ1) is 17.6. The first-order valence-electron chi connectivity index (χ1n) is 7.96. The van der Waals surface area contributed by atoms with Crippen LogP contribution in [-0.2, 0) is 4.79 Å². The maximum Gasteiger partial charge on any atom is 0.328 e. The molecule has 2 aromatic rings. The summed E-state index contributed by atoms with van der Waals surface area (Å²) in [6, 6.07) is 13.5. The Bertz CT molecular complexity index is 719. The molecule has 0 bridgehead atoms. The van der Waals surface area contributed by atoms with Crippen LogP contribution in [0.4, 0.5) is 0 Å². The summed E-state index contributed by atoms with van der Waals surface area (Å²) in [5.74, 6) is 0.461. The quantitative estimate of drug-likeness (QED) is 0.567. The van der Waals surface area contributed by atoms with Gasteiger partial charge in [0.05, 0.1) is 13.7 Å². The molecule has 0 saturated carbocycles. The molecule has 0 aliphatic rings. The minimum atomic E-state index is -0.962. The molecular weight excluding hydrogens is 304 g/mol. The molecule has 126 valence electrons. The summed E-state index contributed by atoms with van der Waals surface area (Å²) in [7, 11) is 1.62. The van der Waals surface area contributed by atoms with Crippen LogP contribution in [0.15, 0.2) is 48.5 Å². The third-order valence-electron chi connectivity index (χ3n) is 3.56. The molecule has 24 heavy (non-hydrogen) atoms. The molecule has 2 aromatic carbocycles. The third-order valence-corrected chi connectivity index (χ3v) is 3.56. The Hall–Kier alpha value is -2.75. The number of hydrogen-bond acceptors (Lipinski definition) is 3. The van der Waals surface area contributed by atoms with Crippen molar-refractivity contribution in [2.45, 2.75) is 19.8 Å². The van der Waals surface area contributed by atoms with Crippen molar-refractivity contribution in [2.75, 3.05) is 13.7 Å². The van der Waals surface area contributed by atoms with E-state index in [-0.39, 0.29) is 0 Å². The van der Waals surface area contributed by atoms with Gasteiger partial charge in [0.1, 0.15) is 0 Å². The number of carboxylic acids is 1. The Kier molecular flexibility index (Phi) is 6.43. The number of hydrogen-bond donors (Lipinski definition) is 1. The molecule has 0 aromatic heterocycles. The van der Waals surface area contributed by atoms with Gasteiger partial charge in [0.15, 0.2) is 11.5 Å². The van der Waals surface area contributed by atoms with Crippen LogP contribution in [-0.4, -0.2) is 24.8 Å². The van der Waals surface area contributed by atoms with Crippen molar-refractivity contribution in [3.05, 3.63) is 54.1 Å². The van der Waals surface area contributed by atoms with E-state index in [1.165, 1.54) is 0 Å². The second-order valence-electron chi connectivity index (χ2n) is 5.36. The van der Waals surface area contributed by atoms with Gasteiger partial charge in [-0.1, -0.05) is 37.6 Å². The minimum Gasteiger partial charge on any atom is -0.493 e. The maximum absolute atomic E-state index is 10.6. The molecule has 4 nitrogen and oxygen atoms in total. The topological polar surface area (TPSA) is 55.8 Å². The number of rotatable bonds is 8. The van der Waals surface area contributed by atoms with Gasteiger partial charge in [-0.15, -0.1) is 0 Å². The largest absolute Gasteiger partial charge is 0.493 e. The molecule has 0 unspecified atom stereocenters. The van der Waals surface area contributed by atoms with Crippen LogP contribution >= 0.6 is 0 Å². The minimum absolute atomic E-state index is 0.668. The van der Waals surface area contributed by atoms with E-state index in [1.807, 2.05) is 42.5 Å². The Morgan fingerprint density at radius 3 is 2.62 bits per heavy atom. The summed E-state index contributed by atoms with van der Waals surface area (Å²) in [6.07, 6.45) is 4.79. The predicted molar refractivity (Wildman–Crippen MR) is 95.5 cm³/mol. The van der Waals surface area contributed by atoms with Gasteiger partial charge in [-0.2, -0.15) is 0 Å². The van der Waals surface area contributed by atoms with Gasteiger partial charge in [-0.25, -0.2) is 4.79 Å². The van der Waals surface area contributed by atoms with Crippen LogP contribution in [0.3, 0.4) is 0 Å². The number of unbranched alkanes of at least 4 members (excludes halogenated alkanes) is 1. The molecule has 1 N–H and O–H groups in total. The molecule has 2 rings (SSSR count). The van der Waals surface area contributed by atoms with Crippen LogP contribution in [0, 0.1) is 0 Å². The van der Waals surface area contributed by atoms with Crippen molar-refractivity contribution < 1.29 is 19.4 Å². The normalized spacial score (nSPS) is 10.8. The maximum atomic E-state index is 10.6. The van der Waals surface area contributed by atoms with Crippen LogP contribution in [0.25, 0.3) is 17.2 Å². The average molecular weight is 326 g/mol. The number of ether oxygens (including phenoxy) is 2. The summed E-state index contributed by atoms with van der Waals surface area (Å²) in [5, 5.41) is 8.73. The second kappa shape index (κ2) is 8.77. The smallest absolute Gasteiger partial charge is 0.328 e. The molecule has 0 atom stereocenters. The molecule has 0 fully saturated rings. The Morgan fingerprint density at radius 2 is 1.92 bits per heavy atom. The van der Waals surface area contributed by atoms with Crippen LogP contribution in [0.2, 0.25) is 0 Å². The molecular formula is C20H22O4. The molecule has 0 radical (unpaired) electrons. The first-order chi connectivity index (χ1) is 11.6. The van der Waals surface area contributed by atoms with Gasteiger partial charge < -0.3 is 14.6 Å². The van der Waals surface area contributed by atoms with Crippen molar-refractivity contribution in [3.63, 3.8) is 0 Å². The predicted octanol–water partition coefficient (Wildman–Crippen LogP) is 4.64. The summed E-state index contributed by atoms with van der Waals surface area (Å²) < 4.78 is 11.2. The van der Waals surface area contributed by atoms with E-state index in [1.54, 1.807) is 13.2 Å². The van der Waals surface area contributed by atoms with E-state index >= 15 is 0 Å². The van der Waals surface area contributed by atoms with E-state index in [9.17, 15) is 4.79 Å². The molecule has 0 heterocycles. The van der Waals surface area contributed by atoms with Gasteiger partial charge in [-0.3, -0.25) is 0 Å². The summed E-state index contributed by atoms with van der Waals surface area (Å²) in [4.78, 5) is 10.6. The van der Waals surface area contributed by atoms with Gasteiger partial charge in [0.25, 0.3) is 0 Å². The van der Waals surface area contributed by atoms with Crippen molar-refractivity contribution in [2.24, 2.45) is 0 Å². The average Bonchev–Trinajstić information content (AvgIpc) is 2.60. The van der Waals surface area contributed by atoms with Crippen molar-refractivity contribution in [1.29, 1.82) is 0 Å². The Balaban J connectivity index is 2.25. The van der Waals surface area contributed by atoms with Crippen molar-refractivity contribution >= 4 is 12.0 Å². The van der Waals surface area contributed by atoms with E-state index in [4.69, 9.17) is 14.6 Å². The molecule has 0 amide bonds. The molecule has 0 saturated heterocycles. The monoisotopic (exact) mass is 326 g/mol. The number of aliphatic carboxylic acids is 1. The summed E-state index contributed by atoms with van der Waals surface area (Å²) >= 11 is 0. The number of carbonyl (C=O) groups is 1. The Labute approximate surface area is 142 Å². The number of methoxy groups -OCH3 is 1. The first-order valence-corrected chi connectivity index (χ1v) is 7.96. The lowest BCUT2D eigenvalue weighted by atomic mass is 10.0. The lowest BCUT2D eigenvalue weighted by Crippen LogP contribution is -1.98.